The van der Waals surface area contributed by atoms with Crippen molar-refractivity contribution >= 4 is 12.6 Å². The maximum Gasteiger partial charge on any atom is 0.137 e. The summed E-state index contributed by atoms with van der Waals surface area (Å²) in [5.41, 5.74) is 1.37. The Hall–Kier alpha value is -2.42. The van der Waals surface area contributed by atoms with E-state index in [1.54, 1.807) is 12.1 Å². The van der Waals surface area contributed by atoms with Crippen LogP contribution in [0.2, 0.25) is 0 Å². The number of hydrogen-bond acceptors (Lipinski definition) is 3. The average molecular weight is 465 g/mol. The first kappa shape index (κ1) is 27.8. The minimum absolute atomic E-state index is 0.194. The van der Waals surface area contributed by atoms with Crippen molar-refractivity contribution in [1.29, 1.82) is 0 Å². The van der Waals surface area contributed by atoms with E-state index >= 15 is 0 Å². The number of aromatic hydroxyl groups is 1. The van der Waals surface area contributed by atoms with Gasteiger partial charge in [0.2, 0.25) is 0 Å². The molecule has 0 saturated carbocycles. The van der Waals surface area contributed by atoms with Gasteiger partial charge in [-0.25, -0.2) is 0 Å². The van der Waals surface area contributed by atoms with E-state index in [9.17, 15) is 14.7 Å². The zero-order valence-corrected chi connectivity index (χ0v) is 21.1. The average Bonchev–Trinajstić information content (AvgIpc) is 2.87. The third kappa shape index (κ3) is 9.44. The number of rotatable bonds is 19. The van der Waals surface area contributed by atoms with Gasteiger partial charge in [0.15, 0.2) is 0 Å². The van der Waals surface area contributed by atoms with Crippen molar-refractivity contribution in [2.45, 2.75) is 109 Å². The molecule has 0 aliphatic carbocycles. The Morgan fingerprint density at radius 1 is 0.706 bits per heavy atom. The summed E-state index contributed by atoms with van der Waals surface area (Å²) in [7, 11) is 0. The lowest BCUT2D eigenvalue weighted by Gasteiger charge is -2.23. The Kier molecular flexibility index (Phi) is 13.3. The van der Waals surface area contributed by atoms with Gasteiger partial charge in [0.1, 0.15) is 23.7 Å². The second-order valence-corrected chi connectivity index (χ2v) is 9.77. The van der Waals surface area contributed by atoms with E-state index in [4.69, 9.17) is 0 Å². The molecule has 0 radical (unpaired) electrons. The van der Waals surface area contributed by atoms with E-state index < -0.39 is 5.41 Å². The number of aldehydes is 2. The molecule has 2 aromatic rings. The second kappa shape index (κ2) is 16.2. The van der Waals surface area contributed by atoms with Crippen molar-refractivity contribution in [3.05, 3.63) is 65.2 Å². The molecule has 2 rings (SSSR count). The van der Waals surface area contributed by atoms with Gasteiger partial charge in [-0.3, -0.25) is 0 Å². The molecule has 0 atom stereocenters. The summed E-state index contributed by atoms with van der Waals surface area (Å²) in [6, 6.07) is 15.1. The quantitative estimate of drug-likeness (QED) is 0.130. The molecule has 0 bridgehead atoms. The van der Waals surface area contributed by atoms with Crippen LogP contribution in [0.1, 0.15) is 114 Å². The Bertz CT molecular complexity index is 820. The van der Waals surface area contributed by atoms with Crippen LogP contribution >= 0.6 is 0 Å². The van der Waals surface area contributed by atoms with Crippen molar-refractivity contribution < 1.29 is 14.7 Å². The van der Waals surface area contributed by atoms with Crippen molar-refractivity contribution in [3.8, 4) is 5.75 Å². The van der Waals surface area contributed by atoms with Gasteiger partial charge in [0.25, 0.3) is 0 Å². The third-order valence-corrected chi connectivity index (χ3v) is 6.97. The van der Waals surface area contributed by atoms with Crippen LogP contribution in [0.3, 0.4) is 0 Å². The van der Waals surface area contributed by atoms with Gasteiger partial charge in [0, 0.05) is 6.42 Å². The highest BCUT2D eigenvalue weighted by molar-refractivity contribution is 5.91. The van der Waals surface area contributed by atoms with E-state index in [1.807, 2.05) is 36.4 Å². The summed E-state index contributed by atoms with van der Waals surface area (Å²) in [5.74, 6) is 0.194. The first-order chi connectivity index (χ1) is 16.6. The molecule has 2 aromatic carbocycles. The molecule has 186 valence electrons. The molecule has 0 amide bonds. The Morgan fingerprint density at radius 2 is 1.24 bits per heavy atom. The van der Waals surface area contributed by atoms with E-state index in [1.165, 1.54) is 64.2 Å². The number of phenols is 1. The number of carbonyl (C=O) groups is 2. The molecule has 0 aromatic heterocycles. The monoisotopic (exact) mass is 464 g/mol. The van der Waals surface area contributed by atoms with Gasteiger partial charge in [-0.1, -0.05) is 133 Å². The smallest absolute Gasteiger partial charge is 0.137 e. The number of phenolic OH excluding ortho intramolecular Hbond substituents is 1. The summed E-state index contributed by atoms with van der Waals surface area (Å²) in [4.78, 5) is 24.1. The number of unbranched alkanes of at least 4 members (excludes halogenated alkanes) is 12. The molecular weight excluding hydrogens is 420 g/mol. The van der Waals surface area contributed by atoms with Crippen LogP contribution in [0.4, 0.5) is 0 Å². The molecule has 34 heavy (non-hydrogen) atoms. The van der Waals surface area contributed by atoms with Crippen molar-refractivity contribution in [2.24, 2.45) is 0 Å². The first-order valence-corrected chi connectivity index (χ1v) is 13.4. The van der Waals surface area contributed by atoms with Crippen LogP contribution in [0.25, 0.3) is 0 Å². The van der Waals surface area contributed by atoms with Crippen LogP contribution in [0.5, 0.6) is 5.75 Å². The highest BCUT2D eigenvalue weighted by Gasteiger charge is 2.31. The Labute approximate surface area is 207 Å². The summed E-state index contributed by atoms with van der Waals surface area (Å²) in [5, 5.41) is 10.3. The zero-order valence-electron chi connectivity index (χ0n) is 21.1. The normalized spacial score (nSPS) is 11.4. The van der Waals surface area contributed by atoms with E-state index in [-0.39, 0.29) is 5.75 Å². The Morgan fingerprint density at radius 3 is 1.76 bits per heavy atom. The summed E-state index contributed by atoms with van der Waals surface area (Å²) < 4.78 is 0. The fourth-order valence-corrected chi connectivity index (χ4v) is 4.69. The predicted octanol–water partition coefficient (Wildman–Crippen LogP) is 8.10. The highest BCUT2D eigenvalue weighted by atomic mass is 16.3. The fourth-order valence-electron chi connectivity index (χ4n) is 4.69. The molecule has 0 aliphatic heterocycles. The van der Waals surface area contributed by atoms with Crippen molar-refractivity contribution in [2.75, 3.05) is 0 Å². The Balaban J connectivity index is 1.76. The predicted molar refractivity (Wildman–Crippen MR) is 141 cm³/mol. The highest BCUT2D eigenvalue weighted by Crippen LogP contribution is 2.31. The van der Waals surface area contributed by atoms with Crippen LogP contribution in [0, 0.1) is 0 Å². The van der Waals surface area contributed by atoms with E-state index in [0.717, 1.165) is 43.0 Å². The SMILES string of the molecule is CCCCCCCCCCCCCCCC(C=O)(C=O)c1ccc(O)c(Cc2ccccc2)c1. The maximum absolute atomic E-state index is 12.1. The molecule has 0 spiro atoms. The van der Waals surface area contributed by atoms with Gasteiger partial charge < -0.3 is 14.7 Å². The minimum atomic E-state index is -1.13. The lowest BCUT2D eigenvalue weighted by Crippen LogP contribution is -2.30. The molecule has 3 nitrogen and oxygen atoms in total. The van der Waals surface area contributed by atoms with Gasteiger partial charge in [0.05, 0.1) is 0 Å². The van der Waals surface area contributed by atoms with Crippen LogP contribution < -0.4 is 0 Å². The summed E-state index contributed by atoms with van der Waals surface area (Å²) in [6.07, 6.45) is 19.1. The second-order valence-electron chi connectivity index (χ2n) is 9.77. The van der Waals surface area contributed by atoms with Crippen LogP contribution in [0.15, 0.2) is 48.5 Å². The minimum Gasteiger partial charge on any atom is -0.508 e. The van der Waals surface area contributed by atoms with E-state index in [0.29, 0.717) is 18.4 Å². The topological polar surface area (TPSA) is 54.4 Å². The summed E-state index contributed by atoms with van der Waals surface area (Å²) >= 11 is 0. The van der Waals surface area contributed by atoms with Crippen LogP contribution in [-0.4, -0.2) is 17.7 Å². The van der Waals surface area contributed by atoms with Crippen LogP contribution in [-0.2, 0) is 21.4 Å². The molecule has 1 N–H and O–H groups in total. The number of hydrogen-bond donors (Lipinski definition) is 1. The maximum atomic E-state index is 12.1. The first-order valence-electron chi connectivity index (χ1n) is 13.4. The lowest BCUT2D eigenvalue weighted by molar-refractivity contribution is -0.121. The molecular formula is C31H44O3. The lowest BCUT2D eigenvalue weighted by atomic mass is 9.78. The van der Waals surface area contributed by atoms with E-state index in [2.05, 4.69) is 6.92 Å². The number of carbonyl (C=O) groups excluding carboxylic acids is 2. The standard InChI is InChI=1S/C31H44O3/c1-2-3-4-5-6-7-8-9-10-11-12-13-17-22-31(25-32,26-33)29-20-21-30(34)28(24-29)23-27-18-15-14-16-19-27/h14-16,18-21,24-26,34H,2-13,17,22-23H2,1H3. The van der Waals surface area contributed by atoms with Gasteiger partial charge in [-0.2, -0.15) is 0 Å². The molecule has 0 saturated heterocycles. The molecule has 0 unspecified atom stereocenters. The largest absolute Gasteiger partial charge is 0.508 e. The number of benzene rings is 2. The third-order valence-electron chi connectivity index (χ3n) is 6.97. The zero-order chi connectivity index (χ0) is 24.5. The molecule has 0 aliphatic rings. The molecule has 3 heteroatoms. The molecule has 0 fully saturated rings. The van der Waals surface area contributed by atoms with Gasteiger partial charge in [-0.15, -0.1) is 0 Å². The van der Waals surface area contributed by atoms with Crippen molar-refractivity contribution in [3.63, 3.8) is 0 Å². The fraction of sp³-hybridized carbons (Fsp3) is 0.548. The van der Waals surface area contributed by atoms with Gasteiger partial charge in [-0.05, 0) is 29.2 Å². The molecule has 0 heterocycles. The van der Waals surface area contributed by atoms with Crippen molar-refractivity contribution in [1.82, 2.24) is 0 Å². The summed E-state index contributed by atoms with van der Waals surface area (Å²) in [6.45, 7) is 2.26. The van der Waals surface area contributed by atoms with Gasteiger partial charge >= 0.3 is 0 Å².